The number of benzene rings is 1. The first-order valence-electron chi connectivity index (χ1n) is 7.64. The van der Waals surface area contributed by atoms with Crippen LogP contribution in [0.4, 0.5) is 5.69 Å². The highest BCUT2D eigenvalue weighted by Gasteiger charge is 2.21. The van der Waals surface area contributed by atoms with E-state index in [4.69, 9.17) is 23.2 Å². The Bertz CT molecular complexity index is 1010. The molecule has 6 nitrogen and oxygen atoms in total. The maximum Gasteiger partial charge on any atom is 0.292 e. The number of rotatable bonds is 5. The van der Waals surface area contributed by atoms with E-state index in [1.54, 1.807) is 48.7 Å². The summed E-state index contributed by atoms with van der Waals surface area (Å²) in [6.07, 6.45) is 3.21. The largest absolute Gasteiger partial charge is 0.347 e. The van der Waals surface area contributed by atoms with Gasteiger partial charge in [-0.15, -0.1) is 6.58 Å². The highest BCUT2D eigenvalue weighted by atomic mass is 35.5. The molecule has 0 radical (unpaired) electrons. The smallest absolute Gasteiger partial charge is 0.292 e. The minimum Gasteiger partial charge on any atom is -0.347 e. The molecule has 8 heteroatoms. The lowest BCUT2D eigenvalue weighted by atomic mass is 10.3. The molecule has 0 atom stereocenters. The van der Waals surface area contributed by atoms with Gasteiger partial charge in [0.15, 0.2) is 5.69 Å². The van der Waals surface area contributed by atoms with Crippen LogP contribution in [0, 0.1) is 0 Å². The van der Waals surface area contributed by atoms with Crippen molar-refractivity contribution in [2.24, 2.45) is 0 Å². The summed E-state index contributed by atoms with van der Waals surface area (Å²) in [6, 6.07) is 10.1. The number of fused-ring (bicyclic) bond motifs is 1. The number of anilines is 1. The molecule has 26 heavy (non-hydrogen) atoms. The summed E-state index contributed by atoms with van der Waals surface area (Å²) in [6.45, 7) is 3.85. The molecule has 0 spiro atoms. The molecule has 3 rings (SSSR count). The van der Waals surface area contributed by atoms with Crippen LogP contribution in [-0.4, -0.2) is 27.7 Å². The zero-order valence-electron chi connectivity index (χ0n) is 13.5. The third-order valence-electron chi connectivity index (χ3n) is 3.57. The molecule has 0 saturated heterocycles. The monoisotopic (exact) mass is 388 g/mol. The van der Waals surface area contributed by atoms with Gasteiger partial charge in [0.25, 0.3) is 11.8 Å². The van der Waals surface area contributed by atoms with E-state index in [2.05, 4.69) is 22.2 Å². The molecule has 2 heterocycles. The predicted octanol–water partition coefficient (Wildman–Crippen LogP) is 3.81. The summed E-state index contributed by atoms with van der Waals surface area (Å²) in [5, 5.41) is 5.87. The highest BCUT2D eigenvalue weighted by molar-refractivity contribution is 6.44. The SMILES string of the molecule is C=CCNC(=O)c1nc(C(=O)Nc2cccc(Cl)c2Cl)n2ccccc12. The third kappa shape index (κ3) is 3.42. The highest BCUT2D eigenvalue weighted by Crippen LogP contribution is 2.29. The molecule has 1 aromatic carbocycles. The van der Waals surface area contributed by atoms with Crippen molar-refractivity contribution >= 4 is 46.2 Å². The van der Waals surface area contributed by atoms with E-state index in [0.29, 0.717) is 22.8 Å². The first kappa shape index (κ1) is 18.0. The Morgan fingerprint density at radius 2 is 1.96 bits per heavy atom. The van der Waals surface area contributed by atoms with Gasteiger partial charge in [-0.3, -0.25) is 14.0 Å². The minimum atomic E-state index is -0.516. The molecule has 0 aliphatic carbocycles. The summed E-state index contributed by atoms with van der Waals surface area (Å²) >= 11 is 12.1. The minimum absolute atomic E-state index is 0.0559. The average molecular weight is 389 g/mol. The number of nitrogens with zero attached hydrogens (tertiary/aromatic N) is 2. The molecule has 2 aromatic heterocycles. The average Bonchev–Trinajstić information content (AvgIpc) is 3.03. The zero-order chi connectivity index (χ0) is 18.7. The van der Waals surface area contributed by atoms with Crippen molar-refractivity contribution in [1.82, 2.24) is 14.7 Å². The molecule has 2 N–H and O–H groups in total. The van der Waals surface area contributed by atoms with Crippen molar-refractivity contribution in [2.45, 2.75) is 0 Å². The number of amides is 2. The summed E-state index contributed by atoms with van der Waals surface area (Å²) in [7, 11) is 0. The Morgan fingerprint density at radius 3 is 2.73 bits per heavy atom. The number of pyridine rings is 1. The van der Waals surface area contributed by atoms with Crippen LogP contribution >= 0.6 is 23.2 Å². The first-order chi connectivity index (χ1) is 12.5. The molecule has 2 amide bonds. The van der Waals surface area contributed by atoms with Crippen LogP contribution in [0.2, 0.25) is 10.0 Å². The van der Waals surface area contributed by atoms with Crippen molar-refractivity contribution in [3.8, 4) is 0 Å². The fraction of sp³-hybridized carbons (Fsp3) is 0.0556. The van der Waals surface area contributed by atoms with E-state index in [9.17, 15) is 9.59 Å². The van der Waals surface area contributed by atoms with Gasteiger partial charge in [-0.1, -0.05) is 41.4 Å². The molecule has 132 valence electrons. The number of carbonyl (C=O) groups is 2. The van der Waals surface area contributed by atoms with Crippen LogP contribution in [0.3, 0.4) is 0 Å². The number of carbonyl (C=O) groups excluding carboxylic acids is 2. The van der Waals surface area contributed by atoms with E-state index in [1.807, 2.05) is 0 Å². The summed E-state index contributed by atoms with van der Waals surface area (Å²) in [4.78, 5) is 29.2. The van der Waals surface area contributed by atoms with E-state index in [-0.39, 0.29) is 16.5 Å². The molecule has 0 aliphatic rings. The Labute approximate surface area is 159 Å². The molecule has 0 bridgehead atoms. The normalized spacial score (nSPS) is 10.5. The molecular weight excluding hydrogens is 375 g/mol. The van der Waals surface area contributed by atoms with E-state index >= 15 is 0 Å². The van der Waals surface area contributed by atoms with Crippen molar-refractivity contribution in [3.05, 3.63) is 76.8 Å². The van der Waals surface area contributed by atoms with Gasteiger partial charge in [0.2, 0.25) is 5.82 Å². The Balaban J connectivity index is 1.99. The third-order valence-corrected chi connectivity index (χ3v) is 4.39. The number of hydrogen-bond acceptors (Lipinski definition) is 3. The quantitative estimate of drug-likeness (QED) is 0.652. The maximum absolute atomic E-state index is 12.7. The lowest BCUT2D eigenvalue weighted by Gasteiger charge is -2.07. The van der Waals surface area contributed by atoms with Crippen LogP contribution in [0.5, 0.6) is 0 Å². The maximum atomic E-state index is 12.7. The summed E-state index contributed by atoms with van der Waals surface area (Å²) in [5.41, 5.74) is 1.01. The fourth-order valence-electron chi connectivity index (χ4n) is 2.39. The predicted molar refractivity (Wildman–Crippen MR) is 102 cm³/mol. The van der Waals surface area contributed by atoms with Crippen molar-refractivity contribution in [1.29, 1.82) is 0 Å². The Morgan fingerprint density at radius 1 is 1.15 bits per heavy atom. The fourth-order valence-corrected chi connectivity index (χ4v) is 2.74. The van der Waals surface area contributed by atoms with Crippen LogP contribution in [0.1, 0.15) is 21.1 Å². The number of hydrogen-bond donors (Lipinski definition) is 2. The van der Waals surface area contributed by atoms with E-state index in [0.717, 1.165) is 0 Å². The number of nitrogens with one attached hydrogen (secondary N) is 2. The molecule has 0 unspecified atom stereocenters. The standard InChI is InChI=1S/C18H14Cl2N4O2/c1-2-9-21-17(25)15-13-8-3-4-10-24(13)16(23-15)18(26)22-12-7-5-6-11(19)14(12)20/h2-8,10H,1,9H2,(H,21,25)(H,22,26). The van der Waals surface area contributed by atoms with Crippen LogP contribution in [0.15, 0.2) is 55.3 Å². The molecule has 0 aliphatic heterocycles. The van der Waals surface area contributed by atoms with Crippen LogP contribution in [0.25, 0.3) is 5.52 Å². The van der Waals surface area contributed by atoms with Gasteiger partial charge in [0, 0.05) is 12.7 Å². The van der Waals surface area contributed by atoms with Gasteiger partial charge in [-0.2, -0.15) is 0 Å². The number of imidazole rings is 1. The van der Waals surface area contributed by atoms with Crippen molar-refractivity contribution in [2.75, 3.05) is 11.9 Å². The van der Waals surface area contributed by atoms with E-state index < -0.39 is 11.8 Å². The van der Waals surface area contributed by atoms with Gasteiger partial charge in [0.1, 0.15) is 0 Å². The van der Waals surface area contributed by atoms with Crippen molar-refractivity contribution < 1.29 is 9.59 Å². The number of halogens is 2. The second kappa shape index (κ2) is 7.59. The number of aromatic nitrogens is 2. The second-order valence-electron chi connectivity index (χ2n) is 5.29. The van der Waals surface area contributed by atoms with Crippen LogP contribution < -0.4 is 10.6 Å². The van der Waals surface area contributed by atoms with Gasteiger partial charge >= 0.3 is 0 Å². The topological polar surface area (TPSA) is 75.5 Å². The van der Waals surface area contributed by atoms with Gasteiger partial charge in [-0.05, 0) is 24.3 Å². The van der Waals surface area contributed by atoms with Crippen LogP contribution in [-0.2, 0) is 0 Å². The van der Waals surface area contributed by atoms with Crippen molar-refractivity contribution in [3.63, 3.8) is 0 Å². The van der Waals surface area contributed by atoms with Gasteiger partial charge in [-0.25, -0.2) is 4.98 Å². The van der Waals surface area contributed by atoms with E-state index in [1.165, 1.54) is 4.40 Å². The first-order valence-corrected chi connectivity index (χ1v) is 8.40. The Hall–Kier alpha value is -2.83. The molecule has 0 saturated carbocycles. The lowest BCUT2D eigenvalue weighted by molar-refractivity contribution is 0.0955. The second-order valence-corrected chi connectivity index (χ2v) is 6.08. The van der Waals surface area contributed by atoms with Gasteiger partial charge < -0.3 is 10.6 Å². The zero-order valence-corrected chi connectivity index (χ0v) is 15.0. The molecule has 3 aromatic rings. The van der Waals surface area contributed by atoms with Gasteiger partial charge in [0.05, 0.1) is 21.2 Å². The Kier molecular flexibility index (Phi) is 5.25. The summed E-state index contributed by atoms with van der Waals surface area (Å²) < 4.78 is 1.54. The summed E-state index contributed by atoms with van der Waals surface area (Å²) in [5.74, 6) is -0.855. The lowest BCUT2D eigenvalue weighted by Crippen LogP contribution is -2.24. The molecule has 0 fully saturated rings. The molecular formula is C18H14Cl2N4O2.